The summed E-state index contributed by atoms with van der Waals surface area (Å²) in [4.78, 5) is 11.9. The molecular formula is C13H13BrClF2NO. The molecule has 0 atom stereocenters. The maximum Gasteiger partial charge on any atom is 0.257 e. The van der Waals surface area contributed by atoms with Crippen LogP contribution < -0.4 is 5.32 Å². The second kappa shape index (κ2) is 6.18. The summed E-state index contributed by atoms with van der Waals surface area (Å²) in [6.45, 7) is 0. The Morgan fingerprint density at radius 1 is 1.21 bits per heavy atom. The molecule has 1 amide bonds. The van der Waals surface area contributed by atoms with Crippen molar-refractivity contribution in [2.75, 3.05) is 0 Å². The van der Waals surface area contributed by atoms with Crippen molar-refractivity contribution in [3.63, 3.8) is 0 Å². The average Bonchev–Trinajstić information content (AvgIpc) is 2.30. The second-order valence-corrected chi connectivity index (χ2v) is 6.20. The number of hydrogen-bond donors (Lipinski definition) is 1. The lowest BCUT2D eigenvalue weighted by molar-refractivity contribution is 0.0919. The molecular weight excluding hydrogens is 340 g/mol. The first kappa shape index (κ1) is 14.7. The molecule has 0 aliphatic heterocycles. The van der Waals surface area contributed by atoms with Gasteiger partial charge in [-0.05, 0) is 37.8 Å². The minimum Gasteiger partial charge on any atom is -0.349 e. The number of alkyl halides is 1. The van der Waals surface area contributed by atoms with E-state index in [1.54, 1.807) is 0 Å². The van der Waals surface area contributed by atoms with Crippen molar-refractivity contribution in [3.05, 3.63) is 33.8 Å². The van der Waals surface area contributed by atoms with Crippen molar-refractivity contribution in [1.29, 1.82) is 0 Å². The standard InChI is InChI=1S/C13H13BrClF2NO/c14-7-5-10(16)12(11(17)6-7)13(19)18-9-3-1-8(15)2-4-9/h5-6,8-9H,1-4H2,(H,18,19). The first-order valence-electron chi connectivity index (χ1n) is 6.07. The van der Waals surface area contributed by atoms with E-state index in [4.69, 9.17) is 11.6 Å². The molecule has 6 heteroatoms. The van der Waals surface area contributed by atoms with E-state index in [0.29, 0.717) is 0 Å². The van der Waals surface area contributed by atoms with Crippen LogP contribution in [-0.4, -0.2) is 17.3 Å². The quantitative estimate of drug-likeness (QED) is 0.801. The van der Waals surface area contributed by atoms with Crippen LogP contribution in [0.15, 0.2) is 16.6 Å². The van der Waals surface area contributed by atoms with Crippen LogP contribution in [0.5, 0.6) is 0 Å². The number of carbonyl (C=O) groups excluding carboxylic acids is 1. The number of halogens is 4. The molecule has 104 valence electrons. The molecule has 1 fully saturated rings. The lowest BCUT2D eigenvalue weighted by Crippen LogP contribution is -2.38. The third kappa shape index (κ3) is 3.66. The number of carbonyl (C=O) groups is 1. The van der Waals surface area contributed by atoms with E-state index in [9.17, 15) is 13.6 Å². The molecule has 0 aromatic heterocycles. The van der Waals surface area contributed by atoms with Crippen molar-refractivity contribution in [2.24, 2.45) is 0 Å². The summed E-state index contributed by atoms with van der Waals surface area (Å²) in [6.07, 6.45) is 3.08. The fourth-order valence-corrected chi connectivity index (χ4v) is 2.87. The predicted molar refractivity (Wildman–Crippen MR) is 73.4 cm³/mol. The molecule has 1 aromatic rings. The van der Waals surface area contributed by atoms with Gasteiger partial charge in [0.25, 0.3) is 5.91 Å². The van der Waals surface area contributed by atoms with E-state index < -0.39 is 23.1 Å². The SMILES string of the molecule is O=C(NC1CCC(Cl)CC1)c1c(F)cc(Br)cc1F. The summed E-state index contributed by atoms with van der Waals surface area (Å²) in [5.74, 6) is -2.44. The Bertz CT molecular complexity index is 467. The first-order valence-corrected chi connectivity index (χ1v) is 7.30. The highest BCUT2D eigenvalue weighted by Gasteiger charge is 2.24. The van der Waals surface area contributed by atoms with Crippen molar-refractivity contribution < 1.29 is 13.6 Å². The summed E-state index contributed by atoms with van der Waals surface area (Å²) in [5.41, 5.74) is -0.531. The van der Waals surface area contributed by atoms with Crippen LogP contribution in [0.1, 0.15) is 36.0 Å². The van der Waals surface area contributed by atoms with Crippen LogP contribution >= 0.6 is 27.5 Å². The Labute approximate surface area is 123 Å². The Hall–Kier alpha value is -0.680. The van der Waals surface area contributed by atoms with E-state index in [0.717, 1.165) is 37.8 Å². The van der Waals surface area contributed by atoms with Gasteiger partial charge in [-0.25, -0.2) is 8.78 Å². The molecule has 0 radical (unpaired) electrons. The average molecular weight is 353 g/mol. The summed E-state index contributed by atoms with van der Waals surface area (Å²) in [6, 6.07) is 2.09. The summed E-state index contributed by atoms with van der Waals surface area (Å²) >= 11 is 8.94. The molecule has 2 rings (SSSR count). The van der Waals surface area contributed by atoms with Crippen LogP contribution in [0, 0.1) is 11.6 Å². The van der Waals surface area contributed by atoms with E-state index in [1.165, 1.54) is 0 Å². The molecule has 1 aromatic carbocycles. The van der Waals surface area contributed by atoms with Crippen molar-refractivity contribution in [2.45, 2.75) is 37.1 Å². The monoisotopic (exact) mass is 351 g/mol. The number of amides is 1. The largest absolute Gasteiger partial charge is 0.349 e. The highest BCUT2D eigenvalue weighted by Crippen LogP contribution is 2.24. The van der Waals surface area contributed by atoms with Gasteiger partial charge in [0.05, 0.1) is 0 Å². The molecule has 0 spiro atoms. The first-order chi connectivity index (χ1) is 8.97. The van der Waals surface area contributed by atoms with E-state index >= 15 is 0 Å². The maximum atomic E-state index is 13.6. The summed E-state index contributed by atoms with van der Waals surface area (Å²) in [5, 5.41) is 2.80. The molecule has 1 N–H and O–H groups in total. The molecule has 2 nitrogen and oxygen atoms in total. The van der Waals surface area contributed by atoms with Gasteiger partial charge < -0.3 is 5.32 Å². The van der Waals surface area contributed by atoms with Crippen LogP contribution in [0.25, 0.3) is 0 Å². The van der Waals surface area contributed by atoms with Gasteiger partial charge in [0.1, 0.15) is 17.2 Å². The molecule has 0 heterocycles. The van der Waals surface area contributed by atoms with Crippen molar-refractivity contribution in [3.8, 4) is 0 Å². The third-order valence-corrected chi connectivity index (χ3v) is 4.12. The van der Waals surface area contributed by atoms with Gasteiger partial charge in [0.15, 0.2) is 0 Å². The van der Waals surface area contributed by atoms with Crippen molar-refractivity contribution in [1.82, 2.24) is 5.32 Å². The lowest BCUT2D eigenvalue weighted by atomic mass is 9.95. The molecule has 0 unspecified atom stereocenters. The minimum atomic E-state index is -0.865. The minimum absolute atomic E-state index is 0.0649. The number of nitrogens with one attached hydrogen (secondary N) is 1. The van der Waals surface area contributed by atoms with Crippen molar-refractivity contribution >= 4 is 33.4 Å². The van der Waals surface area contributed by atoms with Gasteiger partial charge in [0.2, 0.25) is 0 Å². The number of benzene rings is 1. The van der Waals surface area contributed by atoms with Gasteiger partial charge in [0, 0.05) is 15.9 Å². The molecule has 0 saturated heterocycles. The van der Waals surface area contributed by atoms with E-state index in [1.807, 2.05) is 0 Å². The van der Waals surface area contributed by atoms with E-state index in [2.05, 4.69) is 21.2 Å². The normalized spacial score (nSPS) is 23.2. The Balaban J connectivity index is 2.08. The van der Waals surface area contributed by atoms with Crippen LogP contribution in [0.4, 0.5) is 8.78 Å². The van der Waals surface area contributed by atoms with Gasteiger partial charge >= 0.3 is 0 Å². The number of hydrogen-bond acceptors (Lipinski definition) is 1. The van der Waals surface area contributed by atoms with Gasteiger partial charge in [-0.2, -0.15) is 0 Å². The van der Waals surface area contributed by atoms with Gasteiger partial charge in [-0.15, -0.1) is 11.6 Å². The molecule has 19 heavy (non-hydrogen) atoms. The van der Waals surface area contributed by atoms with Gasteiger partial charge in [-0.3, -0.25) is 4.79 Å². The molecule has 1 aliphatic rings. The Morgan fingerprint density at radius 3 is 2.26 bits per heavy atom. The van der Waals surface area contributed by atoms with E-state index in [-0.39, 0.29) is 15.9 Å². The van der Waals surface area contributed by atoms with Crippen LogP contribution in [-0.2, 0) is 0 Å². The van der Waals surface area contributed by atoms with Crippen LogP contribution in [0.3, 0.4) is 0 Å². The zero-order valence-electron chi connectivity index (χ0n) is 10.1. The highest BCUT2D eigenvalue weighted by atomic mass is 79.9. The second-order valence-electron chi connectivity index (χ2n) is 4.67. The topological polar surface area (TPSA) is 29.1 Å². The Kier molecular flexibility index (Phi) is 4.79. The molecule has 1 saturated carbocycles. The summed E-state index contributed by atoms with van der Waals surface area (Å²) < 4.78 is 27.5. The molecule has 1 aliphatic carbocycles. The maximum absolute atomic E-state index is 13.6. The molecule has 0 bridgehead atoms. The third-order valence-electron chi connectivity index (χ3n) is 3.23. The zero-order chi connectivity index (χ0) is 14.0. The fourth-order valence-electron chi connectivity index (χ4n) is 2.21. The van der Waals surface area contributed by atoms with Gasteiger partial charge in [-0.1, -0.05) is 15.9 Å². The predicted octanol–water partition coefficient (Wildman–Crippen LogP) is 4.01. The fraction of sp³-hybridized carbons (Fsp3) is 0.462. The summed E-state index contributed by atoms with van der Waals surface area (Å²) in [7, 11) is 0. The highest BCUT2D eigenvalue weighted by molar-refractivity contribution is 9.10. The smallest absolute Gasteiger partial charge is 0.257 e. The van der Waals surface area contributed by atoms with Crippen LogP contribution in [0.2, 0.25) is 0 Å². The number of rotatable bonds is 2. The zero-order valence-corrected chi connectivity index (χ0v) is 12.4. The lowest BCUT2D eigenvalue weighted by Gasteiger charge is -2.25. The Morgan fingerprint density at radius 2 is 1.74 bits per heavy atom.